The summed E-state index contributed by atoms with van der Waals surface area (Å²) < 4.78 is 63.1. The summed E-state index contributed by atoms with van der Waals surface area (Å²) in [4.78, 5) is 65.4. The first-order chi connectivity index (χ1) is 39.2. The van der Waals surface area contributed by atoms with Gasteiger partial charge in [-0.1, -0.05) is 44.7 Å². The molecule has 424 valence electrons. The fourth-order valence-corrected chi connectivity index (χ4v) is 10.9. The molecule has 2 fully saturated rings. The quantitative estimate of drug-likeness (QED) is 0.0340. The molecule has 0 atom stereocenters. The van der Waals surface area contributed by atoms with E-state index in [-0.39, 0.29) is 57.2 Å². The first-order valence-electron chi connectivity index (χ1n) is 27.5. The van der Waals surface area contributed by atoms with Gasteiger partial charge in [0.05, 0.1) is 64.2 Å². The number of hydrogen-bond donors (Lipinski definition) is 5. The van der Waals surface area contributed by atoms with E-state index in [0.29, 0.717) is 92.2 Å². The lowest BCUT2D eigenvalue weighted by molar-refractivity contribution is -0.122. The molecule has 0 bridgehead atoms. The average molecular weight is 1120 g/mol. The number of halogens is 1. The van der Waals surface area contributed by atoms with Crippen LogP contribution in [0.4, 0.5) is 21.6 Å². The predicted octanol–water partition coefficient (Wildman–Crippen LogP) is 8.10. The van der Waals surface area contributed by atoms with Crippen molar-refractivity contribution in [2.24, 2.45) is 14.1 Å². The van der Waals surface area contributed by atoms with Crippen LogP contribution in [0.25, 0.3) is 27.9 Å². The summed E-state index contributed by atoms with van der Waals surface area (Å²) in [7, 11) is -1.04. The van der Waals surface area contributed by atoms with Crippen molar-refractivity contribution in [3.05, 3.63) is 137 Å². The number of nitrogens with one attached hydrogen (secondary N) is 5. The Morgan fingerprint density at radius 1 is 0.802 bits per heavy atom. The molecule has 0 unspecified atom stereocenters. The van der Waals surface area contributed by atoms with Gasteiger partial charge >= 0.3 is 5.69 Å². The van der Waals surface area contributed by atoms with Crippen molar-refractivity contribution in [2.45, 2.75) is 75.5 Å². The van der Waals surface area contributed by atoms with Gasteiger partial charge in [0.1, 0.15) is 17.3 Å². The van der Waals surface area contributed by atoms with Gasteiger partial charge in [-0.05, 0) is 86.7 Å². The third-order valence-electron chi connectivity index (χ3n) is 14.6. The monoisotopic (exact) mass is 1120 g/mol. The van der Waals surface area contributed by atoms with Crippen LogP contribution >= 0.6 is 0 Å². The van der Waals surface area contributed by atoms with Gasteiger partial charge < -0.3 is 30.3 Å². The Hall–Kier alpha value is -8.57. The number of fused-ring (bicyclic) bond motifs is 2. The lowest BCUT2D eigenvalue weighted by atomic mass is 10.1. The van der Waals surface area contributed by atoms with E-state index in [0.717, 1.165) is 68.3 Å². The van der Waals surface area contributed by atoms with Gasteiger partial charge in [-0.25, -0.2) is 27.6 Å². The van der Waals surface area contributed by atoms with E-state index < -0.39 is 21.7 Å². The van der Waals surface area contributed by atoms with E-state index in [1.807, 2.05) is 21.6 Å². The highest BCUT2D eigenvalue weighted by Crippen LogP contribution is 2.41. The second-order valence-electron chi connectivity index (χ2n) is 20.5. The molecule has 5 N–H and O–H groups in total. The minimum absolute atomic E-state index is 0.0937. The van der Waals surface area contributed by atoms with E-state index in [4.69, 9.17) is 14.5 Å². The van der Waals surface area contributed by atoms with E-state index in [9.17, 15) is 27.6 Å². The molecule has 10 rings (SSSR count). The molecule has 1 saturated heterocycles. The van der Waals surface area contributed by atoms with Gasteiger partial charge in [0.2, 0.25) is 5.91 Å². The number of carbonyl (C=O) groups is 3. The largest absolute Gasteiger partial charge is 0.493 e. The second kappa shape index (κ2) is 24.8. The van der Waals surface area contributed by atoms with Gasteiger partial charge in [-0.15, -0.1) is 0 Å². The van der Waals surface area contributed by atoms with E-state index in [1.54, 1.807) is 86.1 Å². The smallest absolute Gasteiger partial charge is 0.328 e. The Balaban J connectivity index is 0.627. The van der Waals surface area contributed by atoms with Crippen molar-refractivity contribution in [3.8, 4) is 28.5 Å². The van der Waals surface area contributed by atoms with Crippen molar-refractivity contribution in [2.75, 3.05) is 62.5 Å². The highest BCUT2D eigenvalue weighted by molar-refractivity contribution is 7.92. The van der Waals surface area contributed by atoms with Crippen LogP contribution in [-0.2, 0) is 28.9 Å². The number of hydrogen-bond acceptors (Lipinski definition) is 13. The zero-order valence-electron chi connectivity index (χ0n) is 45.5. The number of benzene rings is 4. The molecule has 4 aromatic heterocycles. The molecule has 4 aromatic carbocycles. The standard InChI is InChI=1S/C58H66FN13O8S/c1-4-5-27-79-42-14-12-15-43(30-42)80-52-32-50-49(68(2)58(76)69(50)3)31-47(52)67-81(77,78)44-16-11-13-39(28-44)56(74)61-22-10-8-6-7-9-21-60-53(73)37-70-23-25-71(26-24-70)57(75)40-19-20-46(45(59)29-40)65-54-55-62-35-51(41-33-63-64-34-41)72(55)36-48(66-54)38-17-18-38/h11-16,19-20,28-36,38,67H,4-10,17-18,21-27,37H2,1-3H3,(H,60,73)(H,61,74)(H,63,64)(H,65,66). The number of aromatic nitrogens is 7. The molecule has 1 aliphatic carbocycles. The van der Waals surface area contributed by atoms with Crippen molar-refractivity contribution < 1.29 is 36.7 Å². The second-order valence-corrected chi connectivity index (χ2v) is 22.2. The first kappa shape index (κ1) is 55.7. The first-order valence-corrected chi connectivity index (χ1v) is 28.9. The molecule has 0 spiro atoms. The molecule has 1 saturated carbocycles. The van der Waals surface area contributed by atoms with Crippen LogP contribution in [0.2, 0.25) is 0 Å². The number of H-pyrrole nitrogens is 1. The zero-order chi connectivity index (χ0) is 56.6. The topological polar surface area (TPSA) is 244 Å². The van der Waals surface area contributed by atoms with Crippen molar-refractivity contribution in [1.82, 2.24) is 54.1 Å². The number of nitrogens with zero attached hydrogens (tertiary/aromatic N) is 8. The molecule has 2 aliphatic rings. The van der Waals surface area contributed by atoms with Crippen LogP contribution in [0.5, 0.6) is 17.2 Å². The number of anilines is 3. The molecule has 81 heavy (non-hydrogen) atoms. The van der Waals surface area contributed by atoms with E-state index >= 15 is 4.39 Å². The van der Waals surface area contributed by atoms with Gasteiger partial charge in [-0.2, -0.15) is 5.10 Å². The van der Waals surface area contributed by atoms with Gasteiger partial charge in [0.15, 0.2) is 17.2 Å². The fraction of sp³-hybridized carbons (Fsp3) is 0.362. The van der Waals surface area contributed by atoms with Crippen LogP contribution in [0.3, 0.4) is 0 Å². The van der Waals surface area contributed by atoms with Crippen LogP contribution < -0.4 is 35.8 Å². The minimum Gasteiger partial charge on any atom is -0.493 e. The number of unbranched alkanes of at least 4 members (excludes halogenated alkanes) is 5. The molecule has 1 aliphatic heterocycles. The lowest BCUT2D eigenvalue weighted by Gasteiger charge is -2.34. The molecular weight excluding hydrogens is 1060 g/mol. The van der Waals surface area contributed by atoms with Crippen LogP contribution in [0.1, 0.15) is 97.0 Å². The van der Waals surface area contributed by atoms with Gasteiger partial charge in [-0.3, -0.25) is 42.6 Å². The average Bonchev–Trinajstić information content (AvgIpc) is 4.14. The number of rotatable bonds is 25. The number of amides is 3. The molecular formula is C58H66FN13O8S. The number of carbonyl (C=O) groups excluding carboxylic acids is 3. The number of aryl methyl sites for hydroxylation is 2. The third-order valence-corrected chi connectivity index (χ3v) is 15.9. The summed E-state index contributed by atoms with van der Waals surface area (Å²) in [6.45, 7) is 5.54. The maximum Gasteiger partial charge on any atom is 0.328 e. The van der Waals surface area contributed by atoms with Gasteiger partial charge in [0, 0.05) is 100 Å². The predicted molar refractivity (Wildman–Crippen MR) is 305 cm³/mol. The number of ether oxygens (including phenoxy) is 2. The van der Waals surface area contributed by atoms with Crippen molar-refractivity contribution in [3.63, 3.8) is 0 Å². The summed E-state index contributed by atoms with van der Waals surface area (Å²) >= 11 is 0. The number of piperazine rings is 1. The Kier molecular flexibility index (Phi) is 17.1. The molecule has 21 nitrogen and oxygen atoms in total. The van der Waals surface area contributed by atoms with Gasteiger partial charge in [0.25, 0.3) is 21.8 Å². The maximum absolute atomic E-state index is 15.7. The number of sulfonamides is 1. The summed E-state index contributed by atoms with van der Waals surface area (Å²) in [5, 5.41) is 15.9. The Labute approximate surface area is 467 Å². The van der Waals surface area contributed by atoms with Crippen LogP contribution in [0, 0.1) is 5.82 Å². The molecule has 0 radical (unpaired) electrons. The van der Waals surface area contributed by atoms with E-state index in [1.165, 1.54) is 33.4 Å². The fourth-order valence-electron chi connectivity index (χ4n) is 9.80. The van der Waals surface area contributed by atoms with E-state index in [2.05, 4.69) is 42.8 Å². The zero-order valence-corrected chi connectivity index (χ0v) is 46.4. The highest BCUT2D eigenvalue weighted by atomic mass is 32.2. The number of imidazole rings is 2. The molecule has 23 heteroatoms. The Morgan fingerprint density at radius 2 is 1.54 bits per heavy atom. The summed E-state index contributed by atoms with van der Waals surface area (Å²) in [5.41, 5.74) is 4.53. The Morgan fingerprint density at radius 3 is 2.28 bits per heavy atom. The lowest BCUT2D eigenvalue weighted by Crippen LogP contribution is -2.51. The SMILES string of the molecule is CCCCOc1cccc(Oc2cc3c(cc2NS(=O)(=O)c2cccc(C(=O)NCCCCCCCNC(=O)CN4CCN(C(=O)c5ccc(Nc6nc(C7CC7)cn7c(-c8cn[nH]c8)cnc67)c(F)c5)CC4)c2)n(C)c(=O)n3C)c1. The van der Waals surface area contributed by atoms with Crippen LogP contribution in [0.15, 0.2) is 113 Å². The number of aromatic amines is 1. The molecule has 5 heterocycles. The maximum atomic E-state index is 15.7. The summed E-state index contributed by atoms with van der Waals surface area (Å²) in [6, 6.07) is 20.4. The minimum atomic E-state index is -4.26. The highest BCUT2D eigenvalue weighted by Gasteiger charge is 2.29. The van der Waals surface area contributed by atoms with Crippen LogP contribution in [-0.4, -0.2) is 122 Å². The third kappa shape index (κ3) is 13.2. The normalized spacial score (nSPS) is 13.9. The Bertz CT molecular complexity index is 3750. The molecule has 3 amide bonds. The summed E-state index contributed by atoms with van der Waals surface area (Å²) in [6.07, 6.45) is 15.3. The van der Waals surface area contributed by atoms with Crippen molar-refractivity contribution >= 4 is 61.6 Å². The van der Waals surface area contributed by atoms with Crippen molar-refractivity contribution in [1.29, 1.82) is 0 Å². The summed E-state index contributed by atoms with van der Waals surface area (Å²) in [5.74, 6) is 0.541. The molecule has 8 aromatic rings.